The van der Waals surface area contributed by atoms with Gasteiger partial charge in [-0.2, -0.15) is 5.26 Å². The minimum absolute atomic E-state index is 0.228. The van der Waals surface area contributed by atoms with E-state index < -0.39 is 0 Å². The molecule has 0 spiro atoms. The average molecular weight is 443 g/mol. The lowest BCUT2D eigenvalue weighted by molar-refractivity contribution is -0.134. The summed E-state index contributed by atoms with van der Waals surface area (Å²) in [7, 11) is 3.20. The Hall–Kier alpha value is -4.24. The highest BCUT2D eigenvalue weighted by molar-refractivity contribution is 5.89. The standard InChI is InChI=1S/C27H25NO5/c1-30-23-10-8-21(9-11-23)22(19-28)17-20-5-3-6-26(18-20)33-27(29)7-4-16-32-25-14-12-24(31-2)13-15-25/h3,5-6,8-15,17-18H,4,7,16H2,1-2H3/b22-17-. The van der Waals surface area contributed by atoms with E-state index in [1.807, 2.05) is 42.5 Å². The zero-order chi connectivity index (χ0) is 23.5. The smallest absolute Gasteiger partial charge is 0.311 e. The molecular formula is C27H25NO5. The van der Waals surface area contributed by atoms with Gasteiger partial charge in [-0.15, -0.1) is 0 Å². The molecule has 3 aromatic rings. The quantitative estimate of drug-likeness (QED) is 0.135. The van der Waals surface area contributed by atoms with Crippen LogP contribution in [0.3, 0.4) is 0 Å². The fourth-order valence-electron chi connectivity index (χ4n) is 3.05. The molecule has 0 unspecified atom stereocenters. The monoisotopic (exact) mass is 443 g/mol. The average Bonchev–Trinajstić information content (AvgIpc) is 2.86. The summed E-state index contributed by atoms with van der Waals surface area (Å²) in [5.41, 5.74) is 2.03. The summed E-state index contributed by atoms with van der Waals surface area (Å²) < 4.78 is 21.3. The summed E-state index contributed by atoms with van der Waals surface area (Å²) >= 11 is 0. The molecule has 0 aliphatic rings. The first-order valence-corrected chi connectivity index (χ1v) is 10.4. The highest BCUT2D eigenvalue weighted by Crippen LogP contribution is 2.23. The number of nitrogens with zero attached hydrogens (tertiary/aromatic N) is 1. The topological polar surface area (TPSA) is 77.8 Å². The van der Waals surface area contributed by atoms with Gasteiger partial charge in [-0.3, -0.25) is 4.79 Å². The number of ether oxygens (including phenoxy) is 4. The molecule has 0 fully saturated rings. The number of hydrogen-bond donors (Lipinski definition) is 0. The van der Waals surface area contributed by atoms with Crippen LogP contribution in [0.4, 0.5) is 0 Å². The molecule has 0 saturated carbocycles. The summed E-state index contributed by atoms with van der Waals surface area (Å²) in [6.45, 7) is 0.400. The molecule has 6 heteroatoms. The van der Waals surface area contributed by atoms with Crippen molar-refractivity contribution in [1.82, 2.24) is 0 Å². The van der Waals surface area contributed by atoms with Crippen molar-refractivity contribution < 1.29 is 23.7 Å². The van der Waals surface area contributed by atoms with Crippen molar-refractivity contribution in [2.24, 2.45) is 0 Å². The fourth-order valence-corrected chi connectivity index (χ4v) is 3.05. The molecule has 0 atom stereocenters. The number of rotatable bonds is 10. The van der Waals surface area contributed by atoms with Crippen molar-refractivity contribution in [3.05, 3.63) is 83.9 Å². The van der Waals surface area contributed by atoms with Gasteiger partial charge in [0.1, 0.15) is 23.0 Å². The number of benzene rings is 3. The van der Waals surface area contributed by atoms with E-state index in [2.05, 4.69) is 6.07 Å². The lowest BCUT2D eigenvalue weighted by Crippen LogP contribution is -2.10. The molecule has 33 heavy (non-hydrogen) atoms. The van der Waals surface area contributed by atoms with Crippen LogP contribution in [0.1, 0.15) is 24.0 Å². The molecule has 6 nitrogen and oxygen atoms in total. The largest absolute Gasteiger partial charge is 0.497 e. The zero-order valence-electron chi connectivity index (χ0n) is 18.6. The van der Waals surface area contributed by atoms with E-state index in [-0.39, 0.29) is 12.4 Å². The minimum Gasteiger partial charge on any atom is -0.497 e. The molecule has 0 aromatic heterocycles. The van der Waals surface area contributed by atoms with Crippen molar-refractivity contribution in [3.63, 3.8) is 0 Å². The maximum Gasteiger partial charge on any atom is 0.311 e. The molecule has 3 aromatic carbocycles. The zero-order valence-corrected chi connectivity index (χ0v) is 18.6. The van der Waals surface area contributed by atoms with Crippen LogP contribution in [0.15, 0.2) is 72.8 Å². The molecule has 0 aliphatic heterocycles. The second-order valence-corrected chi connectivity index (χ2v) is 7.07. The third-order valence-electron chi connectivity index (χ3n) is 4.78. The van der Waals surface area contributed by atoms with Gasteiger partial charge < -0.3 is 18.9 Å². The molecule has 0 aliphatic carbocycles. The number of carbonyl (C=O) groups is 1. The first-order chi connectivity index (χ1) is 16.1. The first kappa shape index (κ1) is 23.4. The summed E-state index contributed by atoms with van der Waals surface area (Å²) in [5, 5.41) is 9.56. The lowest BCUT2D eigenvalue weighted by atomic mass is 10.0. The van der Waals surface area contributed by atoms with Crippen LogP contribution in [0.25, 0.3) is 11.6 Å². The number of esters is 1. The number of carbonyl (C=O) groups excluding carboxylic acids is 1. The Morgan fingerprint density at radius 1 is 0.879 bits per heavy atom. The number of nitriles is 1. The van der Waals surface area contributed by atoms with Crippen molar-refractivity contribution in [1.29, 1.82) is 5.26 Å². The van der Waals surface area contributed by atoms with Gasteiger partial charge >= 0.3 is 5.97 Å². The minimum atomic E-state index is -0.342. The summed E-state index contributed by atoms with van der Waals surface area (Å²) in [6, 6.07) is 23.8. The Labute approximate surface area is 193 Å². The third-order valence-corrected chi connectivity index (χ3v) is 4.78. The predicted molar refractivity (Wildman–Crippen MR) is 126 cm³/mol. The normalized spacial score (nSPS) is 10.8. The second-order valence-electron chi connectivity index (χ2n) is 7.07. The van der Waals surface area contributed by atoms with Gasteiger partial charge in [0.15, 0.2) is 0 Å². The Bertz CT molecular complexity index is 1130. The van der Waals surface area contributed by atoms with Crippen LogP contribution < -0.4 is 18.9 Å². The molecule has 0 saturated heterocycles. The van der Waals surface area contributed by atoms with Crippen LogP contribution in [-0.2, 0) is 4.79 Å². The summed E-state index contributed by atoms with van der Waals surface area (Å²) in [6.07, 6.45) is 2.51. The number of allylic oxidation sites excluding steroid dienone is 1. The maximum absolute atomic E-state index is 12.2. The van der Waals surface area contributed by atoms with E-state index in [0.29, 0.717) is 30.1 Å². The predicted octanol–water partition coefficient (Wildman–Crippen LogP) is 5.53. The molecule has 0 radical (unpaired) electrons. The van der Waals surface area contributed by atoms with Crippen LogP contribution in [-0.4, -0.2) is 26.8 Å². The molecule has 3 rings (SSSR count). The van der Waals surface area contributed by atoms with Crippen LogP contribution in [0.5, 0.6) is 23.0 Å². The van der Waals surface area contributed by atoms with Crippen molar-refractivity contribution in [2.45, 2.75) is 12.8 Å². The Morgan fingerprint density at radius 2 is 1.52 bits per heavy atom. The number of hydrogen-bond acceptors (Lipinski definition) is 6. The van der Waals surface area contributed by atoms with Crippen LogP contribution >= 0.6 is 0 Å². The van der Waals surface area contributed by atoms with Crippen molar-refractivity contribution in [2.75, 3.05) is 20.8 Å². The van der Waals surface area contributed by atoms with Gasteiger partial charge in [0.05, 0.1) is 32.5 Å². The fraction of sp³-hybridized carbons (Fsp3) is 0.185. The van der Waals surface area contributed by atoms with Gasteiger partial charge in [-0.1, -0.05) is 12.1 Å². The van der Waals surface area contributed by atoms with Gasteiger partial charge in [0, 0.05) is 6.42 Å². The Balaban J connectivity index is 1.53. The SMILES string of the molecule is COc1ccc(OCCCC(=O)Oc2cccc(/C=C(/C#N)c3ccc(OC)cc3)c2)cc1. The summed E-state index contributed by atoms with van der Waals surface area (Å²) in [4.78, 5) is 12.2. The van der Waals surface area contributed by atoms with E-state index in [9.17, 15) is 10.1 Å². The molecule has 0 heterocycles. The van der Waals surface area contributed by atoms with Gasteiger partial charge in [-0.25, -0.2) is 0 Å². The molecule has 168 valence electrons. The molecular weight excluding hydrogens is 418 g/mol. The highest BCUT2D eigenvalue weighted by atomic mass is 16.5. The van der Waals surface area contributed by atoms with Gasteiger partial charge in [-0.05, 0) is 84.3 Å². The van der Waals surface area contributed by atoms with Gasteiger partial charge in [0.25, 0.3) is 0 Å². The second kappa shape index (κ2) is 12.0. The van der Waals surface area contributed by atoms with E-state index >= 15 is 0 Å². The third kappa shape index (κ3) is 7.15. The summed E-state index contributed by atoms with van der Waals surface area (Å²) in [5.74, 6) is 2.28. The van der Waals surface area contributed by atoms with E-state index in [4.69, 9.17) is 18.9 Å². The van der Waals surface area contributed by atoms with Crippen LogP contribution in [0, 0.1) is 11.3 Å². The van der Waals surface area contributed by atoms with E-state index in [1.54, 1.807) is 50.6 Å². The first-order valence-electron chi connectivity index (χ1n) is 10.4. The lowest BCUT2D eigenvalue weighted by Gasteiger charge is -2.08. The van der Waals surface area contributed by atoms with Crippen molar-refractivity contribution >= 4 is 17.6 Å². The van der Waals surface area contributed by atoms with E-state index in [1.165, 1.54) is 0 Å². The van der Waals surface area contributed by atoms with Crippen molar-refractivity contribution in [3.8, 4) is 29.1 Å². The Kier molecular flexibility index (Phi) is 8.49. The Morgan fingerprint density at radius 3 is 2.15 bits per heavy atom. The molecule has 0 N–H and O–H groups in total. The van der Waals surface area contributed by atoms with Crippen LogP contribution in [0.2, 0.25) is 0 Å². The molecule has 0 bridgehead atoms. The highest BCUT2D eigenvalue weighted by Gasteiger charge is 2.07. The number of methoxy groups -OCH3 is 2. The van der Waals surface area contributed by atoms with Gasteiger partial charge in [0.2, 0.25) is 0 Å². The molecule has 0 amide bonds. The van der Waals surface area contributed by atoms with E-state index in [0.717, 1.165) is 22.6 Å². The maximum atomic E-state index is 12.2.